The molecule has 2 aliphatic heterocycles. The van der Waals surface area contributed by atoms with Gasteiger partial charge in [0.15, 0.2) is 6.20 Å². The number of nitrogens with one attached hydrogen (secondary N) is 3. The van der Waals surface area contributed by atoms with E-state index >= 15 is 0 Å². The number of aryl methyl sites for hydroxylation is 1. The van der Waals surface area contributed by atoms with E-state index in [1.807, 2.05) is 26.1 Å². The van der Waals surface area contributed by atoms with E-state index in [2.05, 4.69) is 42.4 Å². The quantitative estimate of drug-likeness (QED) is 0.647. The summed E-state index contributed by atoms with van der Waals surface area (Å²) in [6.07, 6.45) is 7.24. The summed E-state index contributed by atoms with van der Waals surface area (Å²) in [5.74, 6) is 1.26. The van der Waals surface area contributed by atoms with Crippen LogP contribution in [0.15, 0.2) is 18.6 Å². The van der Waals surface area contributed by atoms with Gasteiger partial charge in [-0.15, -0.1) is 0 Å². The predicted octanol–water partition coefficient (Wildman–Crippen LogP) is 1.59. The molecule has 3 aliphatic rings. The molecule has 5 rings (SSSR count). The van der Waals surface area contributed by atoms with Gasteiger partial charge in [-0.25, -0.2) is 9.97 Å². The van der Waals surface area contributed by atoms with Crippen LogP contribution < -0.4 is 20.5 Å². The number of anilines is 3. The Balaban J connectivity index is 1.47. The van der Waals surface area contributed by atoms with Gasteiger partial charge in [-0.1, -0.05) is 0 Å². The number of carbonyl (C=O) groups is 2. The maximum Gasteiger partial charge on any atom is 0.321 e. The van der Waals surface area contributed by atoms with Crippen LogP contribution in [0.2, 0.25) is 0 Å². The van der Waals surface area contributed by atoms with Crippen molar-refractivity contribution in [2.24, 2.45) is 5.92 Å². The number of fused-ring (bicyclic) bond motifs is 2. The molecule has 2 amide bonds. The molecule has 0 bridgehead atoms. The summed E-state index contributed by atoms with van der Waals surface area (Å²) < 4.78 is 2.09. The summed E-state index contributed by atoms with van der Waals surface area (Å²) in [5, 5.41) is 9.52. The van der Waals surface area contributed by atoms with Crippen LogP contribution in [0.25, 0.3) is 0 Å². The van der Waals surface area contributed by atoms with Gasteiger partial charge in [0.25, 0.3) is 11.4 Å². The van der Waals surface area contributed by atoms with Crippen LogP contribution >= 0.6 is 0 Å². The minimum absolute atomic E-state index is 0.0182. The fourth-order valence-electron chi connectivity index (χ4n) is 4.71. The van der Waals surface area contributed by atoms with Crippen LogP contribution in [0, 0.1) is 19.8 Å². The molecule has 1 aliphatic carbocycles. The molecule has 2 fully saturated rings. The summed E-state index contributed by atoms with van der Waals surface area (Å²) in [5.41, 5.74) is 2.80. The summed E-state index contributed by atoms with van der Waals surface area (Å²) in [7, 11) is 2.09. The first-order valence-corrected chi connectivity index (χ1v) is 10.8. The van der Waals surface area contributed by atoms with Crippen LogP contribution in [0.3, 0.4) is 0 Å². The lowest BCUT2D eigenvalue weighted by Gasteiger charge is -2.34. The highest BCUT2D eigenvalue weighted by Gasteiger charge is 2.53. The molecule has 3 N–H and O–H groups in total. The number of pyridine rings is 1. The first kappa shape index (κ1) is 19.9. The van der Waals surface area contributed by atoms with Crippen molar-refractivity contribution in [3.8, 4) is 0 Å². The summed E-state index contributed by atoms with van der Waals surface area (Å²) >= 11 is 0. The van der Waals surface area contributed by atoms with E-state index in [1.165, 1.54) is 6.33 Å². The second-order valence-corrected chi connectivity index (χ2v) is 9.04. The van der Waals surface area contributed by atoms with E-state index in [1.54, 1.807) is 0 Å². The number of nitrogens with zero attached hydrogens (tertiary/aromatic N) is 4. The normalized spacial score (nSPS) is 22.9. The molecule has 1 saturated carbocycles. The molecule has 31 heavy (non-hydrogen) atoms. The Morgan fingerprint density at radius 2 is 2.06 bits per heavy atom. The molecule has 0 aromatic carbocycles. The molecule has 4 heterocycles. The lowest BCUT2D eigenvalue weighted by molar-refractivity contribution is -0.763. The number of rotatable bonds is 4. The molecule has 1 atom stereocenters. The number of likely N-dealkylation sites (N-methyl/N-ethyl adjacent to an activating group) is 1. The molecule has 2 aromatic rings. The molecular formula is C22H28N7O2+. The van der Waals surface area contributed by atoms with Gasteiger partial charge in [0, 0.05) is 23.5 Å². The van der Waals surface area contributed by atoms with Crippen LogP contribution in [0.1, 0.15) is 47.3 Å². The van der Waals surface area contributed by atoms with Crippen LogP contribution in [0.5, 0.6) is 0 Å². The van der Waals surface area contributed by atoms with Crippen molar-refractivity contribution in [1.29, 1.82) is 0 Å². The molecular weight excluding hydrogens is 394 g/mol. The Morgan fingerprint density at radius 3 is 2.81 bits per heavy atom. The zero-order valence-corrected chi connectivity index (χ0v) is 18.2. The van der Waals surface area contributed by atoms with Gasteiger partial charge in [0.2, 0.25) is 5.91 Å². The molecule has 0 radical (unpaired) electrons. The Morgan fingerprint density at radius 1 is 1.29 bits per heavy atom. The highest BCUT2D eigenvalue weighted by molar-refractivity contribution is 5.95. The number of piperidine rings is 1. The van der Waals surface area contributed by atoms with E-state index in [-0.39, 0.29) is 17.7 Å². The largest absolute Gasteiger partial charge is 0.335 e. The van der Waals surface area contributed by atoms with Crippen molar-refractivity contribution in [3.63, 3.8) is 0 Å². The summed E-state index contributed by atoms with van der Waals surface area (Å²) in [6.45, 7) is 5.64. The van der Waals surface area contributed by atoms with E-state index in [4.69, 9.17) is 0 Å². The van der Waals surface area contributed by atoms with E-state index in [9.17, 15) is 9.59 Å². The first-order chi connectivity index (χ1) is 14.9. The van der Waals surface area contributed by atoms with Crippen molar-refractivity contribution in [2.75, 3.05) is 30.8 Å². The Bertz CT molecular complexity index is 1080. The zero-order valence-electron chi connectivity index (χ0n) is 18.2. The van der Waals surface area contributed by atoms with Gasteiger partial charge in [-0.2, -0.15) is 4.57 Å². The fraction of sp³-hybridized carbons (Fsp3) is 0.500. The lowest BCUT2D eigenvalue weighted by atomic mass is 9.98. The Kier molecular flexibility index (Phi) is 4.65. The zero-order chi connectivity index (χ0) is 21.8. The Hall–Kier alpha value is -3.07. The molecule has 9 heteroatoms. The van der Waals surface area contributed by atoms with E-state index in [0.717, 1.165) is 55.6 Å². The monoisotopic (exact) mass is 422 g/mol. The van der Waals surface area contributed by atoms with Gasteiger partial charge in [-0.05, 0) is 52.8 Å². The number of aromatic nitrogens is 3. The van der Waals surface area contributed by atoms with Gasteiger partial charge in [0.1, 0.15) is 23.7 Å². The fourth-order valence-corrected chi connectivity index (χ4v) is 4.71. The third-order valence-electron chi connectivity index (χ3n) is 6.48. The van der Waals surface area contributed by atoms with Crippen LogP contribution in [-0.2, 0) is 10.5 Å². The SMILES string of the molecule is Cc1cc(Nc2ncnc(NC(=O)C3CC3)c2C)c[n+]2c1C(=O)NC21CCCN(C)C1. The number of carbonyl (C=O) groups excluding carboxylic acids is 2. The lowest BCUT2D eigenvalue weighted by Crippen LogP contribution is -2.66. The molecule has 9 nitrogen and oxygen atoms in total. The van der Waals surface area contributed by atoms with Gasteiger partial charge in [0.05, 0.1) is 6.54 Å². The summed E-state index contributed by atoms with van der Waals surface area (Å²) in [6, 6.07) is 1.96. The number of hydrogen-bond donors (Lipinski definition) is 3. The smallest absolute Gasteiger partial charge is 0.321 e. The highest BCUT2D eigenvalue weighted by atomic mass is 16.2. The minimum atomic E-state index is -0.425. The number of hydrogen-bond acceptors (Lipinski definition) is 6. The third-order valence-corrected chi connectivity index (χ3v) is 6.48. The predicted molar refractivity (Wildman–Crippen MR) is 115 cm³/mol. The molecule has 1 spiro atoms. The van der Waals surface area contributed by atoms with Crippen molar-refractivity contribution in [1.82, 2.24) is 20.2 Å². The van der Waals surface area contributed by atoms with Gasteiger partial charge < -0.3 is 10.6 Å². The standard InChI is InChI=1S/C22H27N7O2/c1-13-9-16(10-29-17(13)21(31)27-22(29)7-4-8-28(3)11-22)25-18-14(2)19(24-12-23-18)26-20(30)15-5-6-15/h9-10,12,15H,4-8,11H2,1-3H3,(H2-,23,24,25,26,27,30,31)/p+1. The highest BCUT2D eigenvalue weighted by Crippen LogP contribution is 2.32. The van der Waals surface area contributed by atoms with Gasteiger partial charge in [-0.3, -0.25) is 19.8 Å². The average Bonchev–Trinajstić information content (AvgIpc) is 3.52. The van der Waals surface area contributed by atoms with Gasteiger partial charge >= 0.3 is 5.91 Å². The maximum absolute atomic E-state index is 12.8. The Labute approximate surface area is 181 Å². The van der Waals surface area contributed by atoms with Crippen molar-refractivity contribution >= 4 is 29.1 Å². The van der Waals surface area contributed by atoms with Crippen molar-refractivity contribution in [3.05, 3.63) is 35.4 Å². The van der Waals surface area contributed by atoms with Crippen LogP contribution in [-0.4, -0.2) is 46.8 Å². The van der Waals surface area contributed by atoms with Crippen molar-refractivity contribution < 1.29 is 14.2 Å². The van der Waals surface area contributed by atoms with E-state index < -0.39 is 5.66 Å². The van der Waals surface area contributed by atoms with Crippen LogP contribution in [0.4, 0.5) is 17.3 Å². The minimum Gasteiger partial charge on any atom is -0.335 e. The second-order valence-electron chi connectivity index (χ2n) is 9.04. The molecule has 1 unspecified atom stereocenters. The molecule has 162 valence electrons. The second kappa shape index (κ2) is 7.26. The first-order valence-electron chi connectivity index (χ1n) is 10.8. The topological polar surface area (TPSA) is 103 Å². The summed E-state index contributed by atoms with van der Waals surface area (Å²) in [4.78, 5) is 35.8. The third kappa shape index (κ3) is 3.52. The van der Waals surface area contributed by atoms with Crippen molar-refractivity contribution in [2.45, 2.75) is 45.2 Å². The average molecular weight is 423 g/mol. The number of likely N-dealkylation sites (tertiary alicyclic amines) is 1. The number of amides is 2. The maximum atomic E-state index is 12.8. The molecule has 1 saturated heterocycles. The molecule has 2 aromatic heterocycles. The van der Waals surface area contributed by atoms with E-state index in [0.29, 0.717) is 17.3 Å².